The lowest BCUT2D eigenvalue weighted by molar-refractivity contribution is -0.136. The predicted octanol–water partition coefficient (Wildman–Crippen LogP) is 4.15. The van der Waals surface area contributed by atoms with Crippen LogP contribution < -0.4 is 4.90 Å². The van der Waals surface area contributed by atoms with E-state index >= 15 is 0 Å². The van der Waals surface area contributed by atoms with Crippen molar-refractivity contribution in [2.75, 3.05) is 24.5 Å². The molecule has 1 aromatic heterocycles. The molecule has 5 rings (SSSR count). The van der Waals surface area contributed by atoms with Crippen LogP contribution >= 0.6 is 11.6 Å². The van der Waals surface area contributed by atoms with Gasteiger partial charge in [0.2, 0.25) is 23.5 Å². The third-order valence-corrected chi connectivity index (χ3v) is 6.46. The number of benzene rings is 2. The lowest BCUT2D eigenvalue weighted by atomic mass is 9.95. The maximum Gasteiger partial charge on any atom is 0.230 e. The second-order valence-electron chi connectivity index (χ2n) is 8.31. The van der Waals surface area contributed by atoms with Crippen LogP contribution in [-0.2, 0) is 9.59 Å². The Kier molecular flexibility index (Phi) is 5.66. The lowest BCUT2D eigenvalue weighted by Gasteiger charge is -2.32. The van der Waals surface area contributed by atoms with Crippen LogP contribution in [0.25, 0.3) is 11.4 Å². The summed E-state index contributed by atoms with van der Waals surface area (Å²) in [5.74, 6) is 1.02. The van der Waals surface area contributed by atoms with Crippen molar-refractivity contribution in [3.05, 3.63) is 65.5 Å². The maximum atomic E-state index is 13.1. The monoisotopic (exact) mass is 450 g/mol. The number of hydrogen-bond donors (Lipinski definition) is 0. The number of hydrogen-bond acceptors (Lipinski definition) is 5. The number of anilines is 1. The molecule has 0 bridgehead atoms. The van der Waals surface area contributed by atoms with Crippen LogP contribution in [0, 0.1) is 5.92 Å². The predicted molar refractivity (Wildman–Crippen MR) is 120 cm³/mol. The third kappa shape index (κ3) is 4.12. The highest BCUT2D eigenvalue weighted by atomic mass is 35.5. The highest BCUT2D eigenvalue weighted by Gasteiger charge is 2.38. The zero-order chi connectivity index (χ0) is 22.1. The van der Waals surface area contributed by atoms with Crippen molar-refractivity contribution in [2.45, 2.75) is 25.2 Å². The van der Waals surface area contributed by atoms with Gasteiger partial charge in [0.1, 0.15) is 0 Å². The molecule has 0 spiro atoms. The minimum atomic E-state index is -0.328. The second kappa shape index (κ2) is 8.74. The summed E-state index contributed by atoms with van der Waals surface area (Å²) in [5, 5.41) is 4.68. The number of halogens is 1. The number of aromatic nitrogens is 2. The van der Waals surface area contributed by atoms with Crippen molar-refractivity contribution < 1.29 is 14.1 Å². The molecule has 7 nitrogen and oxygen atoms in total. The fraction of sp³-hybridized carbons (Fsp3) is 0.333. The molecule has 32 heavy (non-hydrogen) atoms. The average Bonchev–Trinajstić information content (AvgIpc) is 3.47. The first kappa shape index (κ1) is 20.7. The van der Waals surface area contributed by atoms with E-state index < -0.39 is 0 Å². The minimum Gasteiger partial charge on any atom is -0.342 e. The Labute approximate surface area is 191 Å². The van der Waals surface area contributed by atoms with Crippen molar-refractivity contribution in [1.82, 2.24) is 15.0 Å². The fourth-order valence-corrected chi connectivity index (χ4v) is 4.66. The van der Waals surface area contributed by atoms with Gasteiger partial charge in [-0.2, -0.15) is 4.98 Å². The summed E-state index contributed by atoms with van der Waals surface area (Å²) in [6.45, 7) is 1.63. The van der Waals surface area contributed by atoms with Crippen LogP contribution in [0.15, 0.2) is 59.1 Å². The molecule has 164 valence electrons. The normalized spacial score (nSPS) is 19.5. The molecule has 0 unspecified atom stereocenters. The van der Waals surface area contributed by atoms with Gasteiger partial charge in [0.05, 0.1) is 5.92 Å². The van der Waals surface area contributed by atoms with E-state index in [0.717, 1.165) is 24.1 Å². The Bertz CT molecular complexity index is 1130. The summed E-state index contributed by atoms with van der Waals surface area (Å²) in [6, 6.07) is 16.9. The van der Waals surface area contributed by atoms with E-state index in [1.807, 2.05) is 47.4 Å². The number of nitrogens with zero attached hydrogens (tertiary/aromatic N) is 4. The molecule has 0 N–H and O–H groups in total. The summed E-state index contributed by atoms with van der Waals surface area (Å²) in [6.07, 6.45) is 1.76. The zero-order valence-electron chi connectivity index (χ0n) is 17.5. The number of carbonyl (C=O) groups is 2. The molecular formula is C24H23ClN4O3. The quantitative estimate of drug-likeness (QED) is 0.596. The Morgan fingerprint density at radius 2 is 1.84 bits per heavy atom. The van der Waals surface area contributed by atoms with E-state index in [1.165, 1.54) is 0 Å². The Morgan fingerprint density at radius 3 is 2.59 bits per heavy atom. The highest BCUT2D eigenvalue weighted by Crippen LogP contribution is 2.32. The lowest BCUT2D eigenvalue weighted by Crippen LogP contribution is -2.42. The van der Waals surface area contributed by atoms with Crippen LogP contribution in [-0.4, -0.2) is 46.5 Å². The third-order valence-electron chi connectivity index (χ3n) is 6.22. The van der Waals surface area contributed by atoms with Gasteiger partial charge in [0.15, 0.2) is 0 Å². The van der Waals surface area contributed by atoms with E-state index in [1.54, 1.807) is 17.0 Å². The molecule has 3 heterocycles. The zero-order valence-corrected chi connectivity index (χ0v) is 18.2. The summed E-state index contributed by atoms with van der Waals surface area (Å²) in [4.78, 5) is 33.7. The van der Waals surface area contributed by atoms with Crippen molar-refractivity contribution >= 4 is 29.1 Å². The van der Waals surface area contributed by atoms with Gasteiger partial charge >= 0.3 is 0 Å². The average molecular weight is 451 g/mol. The van der Waals surface area contributed by atoms with Gasteiger partial charge < -0.3 is 14.3 Å². The topological polar surface area (TPSA) is 79.5 Å². The minimum absolute atomic E-state index is 0.0387. The summed E-state index contributed by atoms with van der Waals surface area (Å²) < 4.78 is 5.51. The molecular weight excluding hydrogens is 428 g/mol. The molecule has 2 aromatic carbocycles. The van der Waals surface area contributed by atoms with Crippen LogP contribution in [0.3, 0.4) is 0 Å². The number of carbonyl (C=O) groups excluding carboxylic acids is 2. The largest absolute Gasteiger partial charge is 0.342 e. The number of rotatable bonds is 4. The first-order valence-corrected chi connectivity index (χ1v) is 11.2. The van der Waals surface area contributed by atoms with E-state index in [4.69, 9.17) is 16.1 Å². The Morgan fingerprint density at radius 1 is 1.06 bits per heavy atom. The molecule has 1 atom stereocenters. The number of piperidine rings is 1. The van der Waals surface area contributed by atoms with Crippen molar-refractivity contribution in [3.63, 3.8) is 0 Å². The summed E-state index contributed by atoms with van der Waals surface area (Å²) in [7, 11) is 0. The molecule has 0 aliphatic carbocycles. The molecule has 2 fully saturated rings. The molecule has 2 saturated heterocycles. The van der Waals surface area contributed by atoms with Gasteiger partial charge in [0.25, 0.3) is 0 Å². The second-order valence-corrected chi connectivity index (χ2v) is 8.74. The van der Waals surface area contributed by atoms with Gasteiger partial charge in [-0.3, -0.25) is 9.59 Å². The van der Waals surface area contributed by atoms with Crippen molar-refractivity contribution in [3.8, 4) is 11.4 Å². The summed E-state index contributed by atoms with van der Waals surface area (Å²) >= 11 is 6.06. The SMILES string of the molecule is O=C([C@H]1CC(=O)N(c2cccc(Cl)c2)C1)N1CCC(c2nc(-c3ccccc3)no2)CC1. The number of likely N-dealkylation sites (tertiary alicyclic amines) is 1. The molecule has 2 aliphatic rings. The van der Waals surface area contributed by atoms with Crippen LogP contribution in [0.5, 0.6) is 0 Å². The van der Waals surface area contributed by atoms with Gasteiger partial charge in [-0.15, -0.1) is 0 Å². The smallest absolute Gasteiger partial charge is 0.230 e. The summed E-state index contributed by atoms with van der Waals surface area (Å²) in [5.41, 5.74) is 1.66. The molecule has 0 radical (unpaired) electrons. The molecule has 2 amide bonds. The molecule has 0 saturated carbocycles. The first-order valence-electron chi connectivity index (χ1n) is 10.8. The Balaban J connectivity index is 1.19. The standard InChI is InChI=1S/C24H23ClN4O3/c25-19-7-4-8-20(14-19)29-15-18(13-21(29)30)24(31)28-11-9-17(10-12-28)23-26-22(27-32-23)16-5-2-1-3-6-16/h1-8,14,17-18H,9-13,15H2/t18-/m0/s1. The van der Waals surface area contributed by atoms with Gasteiger partial charge in [-0.25, -0.2) is 0 Å². The van der Waals surface area contributed by atoms with Crippen LogP contribution in [0.2, 0.25) is 5.02 Å². The highest BCUT2D eigenvalue weighted by molar-refractivity contribution is 6.31. The number of amides is 2. The molecule has 3 aromatic rings. The molecule has 2 aliphatic heterocycles. The maximum absolute atomic E-state index is 13.1. The molecule has 8 heteroatoms. The van der Waals surface area contributed by atoms with Crippen LogP contribution in [0.1, 0.15) is 31.1 Å². The first-order chi connectivity index (χ1) is 15.6. The van der Waals surface area contributed by atoms with Gasteiger partial charge in [-0.05, 0) is 31.0 Å². The van der Waals surface area contributed by atoms with E-state index in [0.29, 0.717) is 36.4 Å². The van der Waals surface area contributed by atoms with Crippen molar-refractivity contribution in [1.29, 1.82) is 0 Å². The fourth-order valence-electron chi connectivity index (χ4n) is 4.48. The van der Waals surface area contributed by atoms with E-state index in [2.05, 4.69) is 10.1 Å². The van der Waals surface area contributed by atoms with Crippen LogP contribution in [0.4, 0.5) is 5.69 Å². The van der Waals surface area contributed by atoms with E-state index in [9.17, 15) is 9.59 Å². The van der Waals surface area contributed by atoms with E-state index in [-0.39, 0.29) is 30.1 Å². The Hall–Kier alpha value is -3.19. The van der Waals surface area contributed by atoms with Gasteiger partial charge in [-0.1, -0.05) is 53.2 Å². The van der Waals surface area contributed by atoms with Gasteiger partial charge in [0, 0.05) is 48.2 Å². The van der Waals surface area contributed by atoms with Crippen molar-refractivity contribution in [2.24, 2.45) is 5.92 Å².